The van der Waals surface area contributed by atoms with E-state index in [0.717, 1.165) is 25.2 Å². The molecule has 0 aliphatic carbocycles. The largest absolute Gasteiger partial charge is 0.313 e. The third-order valence-electron chi connectivity index (χ3n) is 2.18. The first kappa shape index (κ1) is 13.1. The molecule has 1 aromatic carbocycles. The van der Waals surface area contributed by atoms with Gasteiger partial charge in [0.1, 0.15) is 11.6 Å². The maximum absolute atomic E-state index is 13.2. The summed E-state index contributed by atoms with van der Waals surface area (Å²) >= 11 is 0. The van der Waals surface area contributed by atoms with Gasteiger partial charge in [0.2, 0.25) is 0 Å². The van der Waals surface area contributed by atoms with Crippen LogP contribution in [0.1, 0.15) is 19.4 Å². The highest BCUT2D eigenvalue weighted by atomic mass is 19.1. The first-order valence-electron chi connectivity index (χ1n) is 5.47. The summed E-state index contributed by atoms with van der Waals surface area (Å²) in [4.78, 5) is 0. The Hall–Kier alpha value is -1.00. The molecule has 1 rings (SSSR count). The van der Waals surface area contributed by atoms with Crippen molar-refractivity contribution in [2.75, 3.05) is 13.1 Å². The van der Waals surface area contributed by atoms with Crippen molar-refractivity contribution >= 4 is 0 Å². The van der Waals surface area contributed by atoms with Gasteiger partial charge in [0.15, 0.2) is 0 Å². The van der Waals surface area contributed by atoms with Gasteiger partial charge in [-0.3, -0.25) is 0 Å². The number of rotatable bonds is 6. The Morgan fingerprint density at radius 1 is 1.19 bits per heavy atom. The number of hydrogen-bond acceptors (Lipinski definition) is 2. The summed E-state index contributed by atoms with van der Waals surface area (Å²) < 4.78 is 26.0. The highest BCUT2D eigenvalue weighted by Gasteiger charge is 2.02. The molecule has 2 N–H and O–H groups in total. The van der Waals surface area contributed by atoms with Crippen LogP contribution in [0.4, 0.5) is 8.78 Å². The first-order valence-corrected chi connectivity index (χ1v) is 5.47. The summed E-state index contributed by atoms with van der Waals surface area (Å²) in [7, 11) is 0. The maximum atomic E-state index is 13.2. The predicted octanol–water partition coefficient (Wildman–Crippen LogP) is 2.05. The molecule has 0 fully saturated rings. The van der Waals surface area contributed by atoms with Crippen molar-refractivity contribution < 1.29 is 8.78 Å². The van der Waals surface area contributed by atoms with Crippen LogP contribution in [0.15, 0.2) is 18.2 Å². The van der Waals surface area contributed by atoms with Crippen LogP contribution in [0, 0.1) is 11.6 Å². The van der Waals surface area contributed by atoms with E-state index in [1.54, 1.807) is 0 Å². The van der Waals surface area contributed by atoms with Crippen molar-refractivity contribution in [3.8, 4) is 0 Å². The van der Waals surface area contributed by atoms with Crippen LogP contribution in [0.5, 0.6) is 0 Å². The zero-order valence-electron chi connectivity index (χ0n) is 9.69. The number of benzene rings is 1. The fourth-order valence-corrected chi connectivity index (χ4v) is 1.35. The lowest BCUT2D eigenvalue weighted by Gasteiger charge is -2.09. The Kier molecular flexibility index (Phi) is 5.35. The van der Waals surface area contributed by atoms with Gasteiger partial charge in [0, 0.05) is 31.2 Å². The third-order valence-corrected chi connectivity index (χ3v) is 2.18. The Morgan fingerprint density at radius 3 is 2.62 bits per heavy atom. The van der Waals surface area contributed by atoms with E-state index in [1.165, 1.54) is 6.07 Å². The summed E-state index contributed by atoms with van der Waals surface area (Å²) in [5.41, 5.74) is 0.365. The van der Waals surface area contributed by atoms with E-state index in [-0.39, 0.29) is 5.82 Å². The second-order valence-corrected chi connectivity index (χ2v) is 4.02. The summed E-state index contributed by atoms with van der Waals surface area (Å²) in [5, 5.41) is 6.28. The minimum Gasteiger partial charge on any atom is -0.313 e. The van der Waals surface area contributed by atoms with Gasteiger partial charge in [0.05, 0.1) is 0 Å². The quantitative estimate of drug-likeness (QED) is 0.728. The first-order chi connectivity index (χ1) is 7.59. The lowest BCUT2D eigenvalue weighted by Crippen LogP contribution is -2.31. The van der Waals surface area contributed by atoms with Gasteiger partial charge in [-0.05, 0) is 18.2 Å². The monoisotopic (exact) mass is 228 g/mol. The molecule has 4 heteroatoms. The van der Waals surface area contributed by atoms with Gasteiger partial charge in [-0.1, -0.05) is 13.8 Å². The van der Waals surface area contributed by atoms with Crippen molar-refractivity contribution in [3.05, 3.63) is 35.4 Å². The molecule has 0 radical (unpaired) electrons. The fourth-order valence-electron chi connectivity index (χ4n) is 1.35. The van der Waals surface area contributed by atoms with E-state index in [4.69, 9.17) is 0 Å². The molecule has 0 saturated heterocycles. The maximum Gasteiger partial charge on any atom is 0.127 e. The summed E-state index contributed by atoms with van der Waals surface area (Å²) in [5.74, 6) is -0.774. The molecule has 0 saturated carbocycles. The SMILES string of the molecule is CC(C)NCCNCc1cc(F)ccc1F. The molecule has 0 aliphatic rings. The van der Waals surface area contributed by atoms with E-state index in [2.05, 4.69) is 24.5 Å². The molecule has 0 spiro atoms. The minimum absolute atomic E-state index is 0.351. The Balaban J connectivity index is 2.29. The van der Waals surface area contributed by atoms with E-state index in [1.807, 2.05) is 0 Å². The van der Waals surface area contributed by atoms with E-state index in [0.29, 0.717) is 18.2 Å². The Morgan fingerprint density at radius 2 is 1.94 bits per heavy atom. The van der Waals surface area contributed by atoms with Crippen LogP contribution in [0.25, 0.3) is 0 Å². The molecule has 0 heterocycles. The normalized spacial score (nSPS) is 11.1. The molecular weight excluding hydrogens is 210 g/mol. The summed E-state index contributed by atoms with van der Waals surface area (Å²) in [6, 6.07) is 3.93. The van der Waals surface area contributed by atoms with Gasteiger partial charge >= 0.3 is 0 Å². The highest BCUT2D eigenvalue weighted by Crippen LogP contribution is 2.08. The molecular formula is C12H18F2N2. The van der Waals surface area contributed by atoms with E-state index < -0.39 is 5.82 Å². The number of hydrogen-bond donors (Lipinski definition) is 2. The van der Waals surface area contributed by atoms with Gasteiger partial charge in [-0.25, -0.2) is 8.78 Å². The van der Waals surface area contributed by atoms with Crippen LogP contribution in [0.2, 0.25) is 0 Å². The number of halogens is 2. The van der Waals surface area contributed by atoms with Crippen molar-refractivity contribution in [3.63, 3.8) is 0 Å². The molecule has 0 aromatic heterocycles. The minimum atomic E-state index is -0.404. The third kappa shape index (κ3) is 4.68. The molecule has 0 amide bonds. The molecule has 0 bridgehead atoms. The van der Waals surface area contributed by atoms with Gasteiger partial charge in [-0.15, -0.1) is 0 Å². The molecule has 0 atom stereocenters. The van der Waals surface area contributed by atoms with Gasteiger partial charge in [0.25, 0.3) is 0 Å². The predicted molar refractivity (Wildman–Crippen MR) is 61.2 cm³/mol. The smallest absolute Gasteiger partial charge is 0.127 e. The summed E-state index contributed by atoms with van der Waals surface area (Å²) in [6.07, 6.45) is 0. The van der Waals surface area contributed by atoms with Crippen molar-refractivity contribution in [1.29, 1.82) is 0 Å². The lowest BCUT2D eigenvalue weighted by atomic mass is 10.2. The van der Waals surface area contributed by atoms with Crippen LogP contribution in [-0.4, -0.2) is 19.1 Å². The van der Waals surface area contributed by atoms with Gasteiger partial charge < -0.3 is 10.6 Å². The second-order valence-electron chi connectivity index (χ2n) is 4.02. The van der Waals surface area contributed by atoms with E-state index in [9.17, 15) is 8.78 Å². The van der Waals surface area contributed by atoms with Crippen LogP contribution in [-0.2, 0) is 6.54 Å². The molecule has 90 valence electrons. The number of nitrogens with one attached hydrogen (secondary N) is 2. The average molecular weight is 228 g/mol. The van der Waals surface area contributed by atoms with Crippen molar-refractivity contribution in [2.24, 2.45) is 0 Å². The average Bonchev–Trinajstić information content (AvgIpc) is 2.22. The van der Waals surface area contributed by atoms with Gasteiger partial charge in [-0.2, -0.15) is 0 Å². The molecule has 0 unspecified atom stereocenters. The van der Waals surface area contributed by atoms with Crippen LogP contribution in [0.3, 0.4) is 0 Å². The standard InChI is InChI=1S/C12H18F2N2/c1-9(2)16-6-5-15-8-10-7-11(13)3-4-12(10)14/h3-4,7,9,15-16H,5-6,8H2,1-2H3. The molecule has 16 heavy (non-hydrogen) atoms. The highest BCUT2D eigenvalue weighted by molar-refractivity contribution is 5.18. The fraction of sp³-hybridized carbons (Fsp3) is 0.500. The lowest BCUT2D eigenvalue weighted by molar-refractivity contribution is 0.539. The second kappa shape index (κ2) is 6.55. The molecule has 0 aliphatic heterocycles. The zero-order valence-corrected chi connectivity index (χ0v) is 9.69. The van der Waals surface area contributed by atoms with Crippen LogP contribution < -0.4 is 10.6 Å². The van der Waals surface area contributed by atoms with Crippen molar-refractivity contribution in [2.45, 2.75) is 26.4 Å². The van der Waals surface area contributed by atoms with Crippen molar-refractivity contribution in [1.82, 2.24) is 10.6 Å². The van der Waals surface area contributed by atoms with Crippen LogP contribution >= 0.6 is 0 Å². The topological polar surface area (TPSA) is 24.1 Å². The Labute approximate surface area is 95.1 Å². The summed E-state index contributed by atoms with van der Waals surface area (Å²) in [6.45, 7) is 6.02. The molecule has 1 aromatic rings. The van der Waals surface area contributed by atoms with E-state index >= 15 is 0 Å². The Bertz CT molecular complexity index is 327. The molecule has 2 nitrogen and oxygen atoms in total. The zero-order chi connectivity index (χ0) is 12.0.